The fourth-order valence-corrected chi connectivity index (χ4v) is 2.67. The highest BCUT2D eigenvalue weighted by atomic mass is 19.4. The van der Waals surface area contributed by atoms with Gasteiger partial charge in [0.1, 0.15) is 0 Å². The van der Waals surface area contributed by atoms with Crippen LogP contribution in [0.1, 0.15) is 43.2 Å². The summed E-state index contributed by atoms with van der Waals surface area (Å²) in [5.41, 5.74) is 0.134. The van der Waals surface area contributed by atoms with Crippen LogP contribution in [0.3, 0.4) is 0 Å². The minimum atomic E-state index is -4.25. The number of nitrogens with one attached hydrogen (secondary N) is 1. The Balaban J connectivity index is 1.82. The molecule has 1 aliphatic rings. The predicted octanol–water partition coefficient (Wildman–Crippen LogP) is 4.38. The van der Waals surface area contributed by atoms with Gasteiger partial charge in [0.25, 0.3) is 0 Å². The lowest BCUT2D eigenvalue weighted by atomic mass is 9.89. The van der Waals surface area contributed by atoms with Gasteiger partial charge in [-0.2, -0.15) is 13.2 Å². The fourth-order valence-electron chi connectivity index (χ4n) is 2.67. The van der Waals surface area contributed by atoms with E-state index in [0.717, 1.165) is 12.6 Å². The summed E-state index contributed by atoms with van der Waals surface area (Å²) in [5.74, 6) is 0.694. The highest BCUT2D eigenvalue weighted by molar-refractivity contribution is 5.25. The predicted molar refractivity (Wildman–Crippen MR) is 69.7 cm³/mol. The first-order valence-electron chi connectivity index (χ1n) is 6.92. The zero-order valence-corrected chi connectivity index (χ0v) is 11.0. The molecule has 2 rings (SSSR count). The van der Waals surface area contributed by atoms with E-state index >= 15 is 0 Å². The Kier molecular flexibility index (Phi) is 4.86. The van der Waals surface area contributed by atoms with Crippen LogP contribution in [0.25, 0.3) is 0 Å². The zero-order chi connectivity index (χ0) is 13.7. The maximum atomic E-state index is 12.6. The Morgan fingerprint density at radius 3 is 2.53 bits per heavy atom. The smallest absolute Gasteiger partial charge is 0.312 e. The summed E-state index contributed by atoms with van der Waals surface area (Å²) in [6, 6.07) is 5.56. The lowest BCUT2D eigenvalue weighted by Gasteiger charge is -2.21. The van der Waals surface area contributed by atoms with Crippen LogP contribution in [-0.2, 0) is 12.7 Å². The van der Waals surface area contributed by atoms with Crippen LogP contribution in [0.4, 0.5) is 13.2 Å². The molecule has 106 valence electrons. The van der Waals surface area contributed by atoms with E-state index in [1.807, 2.05) is 0 Å². The number of hydrogen-bond acceptors (Lipinski definition) is 1. The first kappa shape index (κ1) is 14.4. The van der Waals surface area contributed by atoms with E-state index in [9.17, 15) is 13.2 Å². The molecule has 1 nitrogen and oxygen atoms in total. The molecule has 0 atom stereocenters. The van der Waals surface area contributed by atoms with Crippen molar-refractivity contribution in [1.29, 1.82) is 0 Å². The summed E-state index contributed by atoms with van der Waals surface area (Å²) in [4.78, 5) is 0. The van der Waals surface area contributed by atoms with Gasteiger partial charge < -0.3 is 5.32 Å². The molecule has 19 heavy (non-hydrogen) atoms. The van der Waals surface area contributed by atoms with Gasteiger partial charge in [0.2, 0.25) is 0 Å². The van der Waals surface area contributed by atoms with Gasteiger partial charge in [-0.25, -0.2) is 0 Å². The van der Waals surface area contributed by atoms with E-state index in [1.165, 1.54) is 44.2 Å². The van der Waals surface area contributed by atoms with Crippen molar-refractivity contribution < 1.29 is 13.2 Å². The molecular weight excluding hydrogens is 251 g/mol. The second-order valence-electron chi connectivity index (χ2n) is 5.33. The molecular formula is C15H20F3N. The third kappa shape index (κ3) is 4.53. The number of benzene rings is 1. The summed E-state index contributed by atoms with van der Waals surface area (Å²) in [6.45, 7) is 1.43. The van der Waals surface area contributed by atoms with Crippen molar-refractivity contribution in [2.24, 2.45) is 5.92 Å². The van der Waals surface area contributed by atoms with Crippen LogP contribution in [0.5, 0.6) is 0 Å². The SMILES string of the molecule is FC(F)(F)c1cccc(CNCC2CCCCC2)c1. The summed E-state index contributed by atoms with van der Waals surface area (Å²) in [7, 11) is 0. The molecule has 1 aromatic carbocycles. The number of hydrogen-bond donors (Lipinski definition) is 1. The monoisotopic (exact) mass is 271 g/mol. The average molecular weight is 271 g/mol. The average Bonchev–Trinajstić information content (AvgIpc) is 2.39. The number of halogens is 3. The van der Waals surface area contributed by atoms with Crippen LogP contribution in [0.2, 0.25) is 0 Å². The maximum absolute atomic E-state index is 12.6. The Bertz CT molecular complexity index is 395. The van der Waals surface area contributed by atoms with Crippen molar-refractivity contribution in [1.82, 2.24) is 5.32 Å². The van der Waals surface area contributed by atoms with Crippen molar-refractivity contribution >= 4 is 0 Å². The molecule has 0 aliphatic heterocycles. The maximum Gasteiger partial charge on any atom is 0.416 e. The third-order valence-electron chi connectivity index (χ3n) is 3.74. The molecule has 1 N–H and O–H groups in total. The first-order chi connectivity index (χ1) is 9.05. The van der Waals surface area contributed by atoms with Crippen LogP contribution in [0, 0.1) is 5.92 Å². The van der Waals surface area contributed by atoms with Gasteiger partial charge in [0.05, 0.1) is 5.56 Å². The normalized spacial score (nSPS) is 17.6. The van der Waals surface area contributed by atoms with Gasteiger partial charge >= 0.3 is 6.18 Å². The molecule has 1 saturated carbocycles. The van der Waals surface area contributed by atoms with Gasteiger partial charge in [0.15, 0.2) is 0 Å². The van der Waals surface area contributed by atoms with E-state index in [4.69, 9.17) is 0 Å². The lowest BCUT2D eigenvalue weighted by Crippen LogP contribution is -2.24. The van der Waals surface area contributed by atoms with Crippen LogP contribution >= 0.6 is 0 Å². The molecule has 0 saturated heterocycles. The minimum Gasteiger partial charge on any atom is -0.312 e. The quantitative estimate of drug-likeness (QED) is 0.857. The fraction of sp³-hybridized carbons (Fsp3) is 0.600. The summed E-state index contributed by atoms with van der Waals surface area (Å²) in [5, 5.41) is 3.28. The molecule has 0 heterocycles. The van der Waals surface area contributed by atoms with Crippen LogP contribution < -0.4 is 5.32 Å². The lowest BCUT2D eigenvalue weighted by molar-refractivity contribution is -0.137. The Morgan fingerprint density at radius 2 is 1.84 bits per heavy atom. The van der Waals surface area contributed by atoms with E-state index in [-0.39, 0.29) is 0 Å². The van der Waals surface area contributed by atoms with E-state index in [1.54, 1.807) is 6.07 Å². The molecule has 0 amide bonds. The van der Waals surface area contributed by atoms with Crippen molar-refractivity contribution in [2.45, 2.75) is 44.8 Å². The number of alkyl halides is 3. The van der Waals surface area contributed by atoms with Gasteiger partial charge in [0, 0.05) is 6.54 Å². The Labute approximate surface area is 112 Å². The van der Waals surface area contributed by atoms with Gasteiger partial charge in [-0.1, -0.05) is 37.5 Å². The topological polar surface area (TPSA) is 12.0 Å². The zero-order valence-electron chi connectivity index (χ0n) is 11.0. The molecule has 0 radical (unpaired) electrons. The highest BCUT2D eigenvalue weighted by Crippen LogP contribution is 2.29. The second-order valence-corrected chi connectivity index (χ2v) is 5.33. The molecule has 1 fully saturated rings. The molecule has 0 aromatic heterocycles. The molecule has 0 spiro atoms. The number of rotatable bonds is 4. The molecule has 0 unspecified atom stereocenters. The summed E-state index contributed by atoms with van der Waals surface area (Å²) < 4.78 is 37.7. The van der Waals surface area contributed by atoms with E-state index < -0.39 is 11.7 Å². The van der Waals surface area contributed by atoms with Crippen LogP contribution in [-0.4, -0.2) is 6.54 Å². The first-order valence-corrected chi connectivity index (χ1v) is 6.92. The van der Waals surface area contributed by atoms with Crippen molar-refractivity contribution in [3.8, 4) is 0 Å². The van der Waals surface area contributed by atoms with Gasteiger partial charge in [-0.3, -0.25) is 0 Å². The summed E-state index contributed by atoms with van der Waals surface area (Å²) in [6.07, 6.45) is 2.14. The molecule has 4 heteroatoms. The second kappa shape index (κ2) is 6.42. The van der Waals surface area contributed by atoms with E-state index in [0.29, 0.717) is 18.0 Å². The summed E-state index contributed by atoms with van der Waals surface area (Å²) >= 11 is 0. The molecule has 0 bridgehead atoms. The van der Waals surface area contributed by atoms with Crippen molar-refractivity contribution in [3.63, 3.8) is 0 Å². The van der Waals surface area contributed by atoms with Gasteiger partial charge in [-0.05, 0) is 36.9 Å². The van der Waals surface area contributed by atoms with Crippen LogP contribution in [0.15, 0.2) is 24.3 Å². The van der Waals surface area contributed by atoms with Gasteiger partial charge in [-0.15, -0.1) is 0 Å². The molecule has 1 aromatic rings. The standard InChI is InChI=1S/C15H20F3N/c16-15(17,18)14-8-4-7-13(9-14)11-19-10-12-5-2-1-3-6-12/h4,7-9,12,19H,1-3,5-6,10-11H2. The minimum absolute atomic E-state index is 0.514. The van der Waals surface area contributed by atoms with Crippen molar-refractivity contribution in [3.05, 3.63) is 35.4 Å². The van der Waals surface area contributed by atoms with E-state index in [2.05, 4.69) is 5.32 Å². The Morgan fingerprint density at radius 1 is 1.11 bits per heavy atom. The highest BCUT2D eigenvalue weighted by Gasteiger charge is 2.30. The largest absolute Gasteiger partial charge is 0.416 e. The third-order valence-corrected chi connectivity index (χ3v) is 3.74. The Hall–Kier alpha value is -1.03. The van der Waals surface area contributed by atoms with Crippen molar-refractivity contribution in [2.75, 3.05) is 6.54 Å². The molecule has 1 aliphatic carbocycles.